The van der Waals surface area contributed by atoms with E-state index in [1.165, 1.54) is 0 Å². The number of hydrogen-bond acceptors (Lipinski definition) is 14. The third-order valence-electron chi connectivity index (χ3n) is 5.12. The smallest absolute Gasteiger partial charge is 0.333 e. The van der Waals surface area contributed by atoms with Gasteiger partial charge in [-0.25, -0.2) is 4.79 Å². The molecular weight excluding hydrogens is 664 g/mol. The number of halogens is 1. The molecule has 0 radical (unpaired) electrons. The molecule has 0 bridgehead atoms. The minimum atomic E-state index is -0.413. The zero-order chi connectivity index (χ0) is 32.7. The molecule has 15 heteroatoms. The molecule has 0 atom stereocenters. The monoisotopic (exact) mass is 720 g/mol. The van der Waals surface area contributed by atoms with Crippen molar-refractivity contribution in [2.45, 2.75) is 6.92 Å². The molecule has 0 aromatic heterocycles. The van der Waals surface area contributed by atoms with Crippen molar-refractivity contribution < 1.29 is 66.4 Å². The number of ether oxygens (including phenoxy) is 13. The highest BCUT2D eigenvalue weighted by Gasteiger charge is 2.02. The van der Waals surface area contributed by atoms with Crippen molar-refractivity contribution in [1.82, 2.24) is 0 Å². The number of rotatable bonds is 39. The highest BCUT2D eigenvalue weighted by molar-refractivity contribution is 9.09. The van der Waals surface area contributed by atoms with Crippen LogP contribution in [0.2, 0.25) is 0 Å². The number of carbonyl (C=O) groups excluding carboxylic acids is 1. The minimum Gasteiger partial charge on any atom is -0.460 e. The van der Waals surface area contributed by atoms with Crippen LogP contribution in [-0.4, -0.2) is 176 Å². The third kappa shape index (κ3) is 39.3. The van der Waals surface area contributed by atoms with Crippen molar-refractivity contribution >= 4 is 21.9 Å². The lowest BCUT2D eigenvalue weighted by Gasteiger charge is -2.09. The van der Waals surface area contributed by atoms with Gasteiger partial charge in [-0.3, -0.25) is 0 Å². The molecule has 0 rings (SSSR count). The molecule has 0 spiro atoms. The second-order valence-electron chi connectivity index (χ2n) is 8.95. The van der Waals surface area contributed by atoms with Gasteiger partial charge in [-0.2, -0.15) is 0 Å². The lowest BCUT2D eigenvalue weighted by Crippen LogP contribution is -2.16. The number of esters is 1. The molecule has 0 saturated heterocycles. The minimum absolute atomic E-state index is 0.199. The molecule has 268 valence electrons. The van der Waals surface area contributed by atoms with Crippen molar-refractivity contribution in [2.24, 2.45) is 0 Å². The van der Waals surface area contributed by atoms with E-state index in [1.54, 1.807) is 6.92 Å². The van der Waals surface area contributed by atoms with Crippen molar-refractivity contribution in [3.05, 3.63) is 12.2 Å². The first-order chi connectivity index (χ1) is 22.2. The molecule has 0 aromatic rings. The first kappa shape index (κ1) is 44.2. The summed E-state index contributed by atoms with van der Waals surface area (Å²) in [6.07, 6.45) is 0. The second kappa shape index (κ2) is 39.4. The van der Waals surface area contributed by atoms with Crippen molar-refractivity contribution in [3.8, 4) is 0 Å². The fraction of sp³-hybridized carbons (Fsp3) is 0.900. The van der Waals surface area contributed by atoms with Gasteiger partial charge in [0.25, 0.3) is 0 Å². The van der Waals surface area contributed by atoms with E-state index in [9.17, 15) is 4.79 Å². The molecule has 0 unspecified atom stereocenters. The second-order valence-corrected chi connectivity index (χ2v) is 9.75. The van der Waals surface area contributed by atoms with Crippen LogP contribution in [0.1, 0.15) is 6.92 Å². The Balaban J connectivity index is 3.06. The van der Waals surface area contributed by atoms with E-state index in [2.05, 4.69) is 22.5 Å². The van der Waals surface area contributed by atoms with Crippen LogP contribution in [0.15, 0.2) is 12.2 Å². The fourth-order valence-corrected chi connectivity index (χ4v) is 3.12. The summed E-state index contributed by atoms with van der Waals surface area (Å²) in [4.78, 5) is 11.2. The molecule has 0 aromatic carbocycles. The molecule has 0 aliphatic rings. The molecule has 0 saturated carbocycles. The van der Waals surface area contributed by atoms with E-state index in [0.29, 0.717) is 164 Å². The molecule has 14 nitrogen and oxygen atoms in total. The predicted molar refractivity (Wildman–Crippen MR) is 169 cm³/mol. The van der Waals surface area contributed by atoms with Gasteiger partial charge < -0.3 is 61.6 Å². The van der Waals surface area contributed by atoms with Crippen molar-refractivity contribution in [3.63, 3.8) is 0 Å². The predicted octanol–water partition coefficient (Wildman–Crippen LogP) is 1.70. The number of hydrogen-bond donors (Lipinski definition) is 0. The van der Waals surface area contributed by atoms with Crippen LogP contribution in [0, 0.1) is 0 Å². The number of carbonyl (C=O) groups is 1. The quantitative estimate of drug-likeness (QED) is 0.0394. The summed E-state index contributed by atoms with van der Waals surface area (Å²) in [6.45, 7) is 17.4. The van der Waals surface area contributed by atoms with Gasteiger partial charge in [-0.15, -0.1) is 0 Å². The molecule has 0 heterocycles. The van der Waals surface area contributed by atoms with E-state index in [4.69, 9.17) is 61.6 Å². The average molecular weight is 722 g/mol. The summed E-state index contributed by atoms with van der Waals surface area (Å²) in [6, 6.07) is 0. The molecule has 0 fully saturated rings. The zero-order valence-electron chi connectivity index (χ0n) is 27.2. The van der Waals surface area contributed by atoms with Gasteiger partial charge in [-0.1, -0.05) is 22.5 Å². The maximum absolute atomic E-state index is 11.2. The fourth-order valence-electron chi connectivity index (χ4n) is 2.89. The largest absolute Gasteiger partial charge is 0.460 e. The van der Waals surface area contributed by atoms with Gasteiger partial charge in [0.15, 0.2) is 0 Å². The topological polar surface area (TPSA) is 137 Å². The van der Waals surface area contributed by atoms with Gasteiger partial charge in [0.05, 0.1) is 159 Å². The molecule has 0 aliphatic heterocycles. The van der Waals surface area contributed by atoms with Crippen LogP contribution in [0.5, 0.6) is 0 Å². The highest BCUT2D eigenvalue weighted by Crippen LogP contribution is 1.92. The van der Waals surface area contributed by atoms with Gasteiger partial charge in [0.1, 0.15) is 6.61 Å². The summed E-state index contributed by atoms with van der Waals surface area (Å²) in [5.74, 6) is -0.413. The van der Waals surface area contributed by atoms with Crippen LogP contribution in [0.25, 0.3) is 0 Å². The maximum Gasteiger partial charge on any atom is 0.333 e. The Kier molecular flexibility index (Phi) is 38.7. The lowest BCUT2D eigenvalue weighted by atomic mass is 10.4. The van der Waals surface area contributed by atoms with Crippen LogP contribution < -0.4 is 0 Å². The Morgan fingerprint density at radius 3 is 0.733 bits per heavy atom. The molecule has 45 heavy (non-hydrogen) atoms. The Morgan fingerprint density at radius 2 is 0.556 bits per heavy atom. The summed E-state index contributed by atoms with van der Waals surface area (Å²) in [5.41, 5.74) is 0.370. The van der Waals surface area contributed by atoms with E-state index < -0.39 is 5.97 Å². The summed E-state index contributed by atoms with van der Waals surface area (Å²) in [7, 11) is 0. The van der Waals surface area contributed by atoms with Gasteiger partial charge in [0, 0.05) is 10.9 Å². The van der Waals surface area contributed by atoms with Crippen LogP contribution in [0.3, 0.4) is 0 Å². The van der Waals surface area contributed by atoms with Gasteiger partial charge >= 0.3 is 5.97 Å². The van der Waals surface area contributed by atoms with Crippen molar-refractivity contribution in [1.29, 1.82) is 0 Å². The van der Waals surface area contributed by atoms with E-state index in [-0.39, 0.29) is 6.61 Å². The lowest BCUT2D eigenvalue weighted by molar-refractivity contribution is -0.140. The Morgan fingerprint density at radius 1 is 0.378 bits per heavy atom. The first-order valence-electron chi connectivity index (χ1n) is 15.5. The molecule has 0 N–H and O–H groups in total. The van der Waals surface area contributed by atoms with E-state index in [1.807, 2.05) is 0 Å². The Bertz CT molecular complexity index is 617. The summed E-state index contributed by atoms with van der Waals surface area (Å²) >= 11 is 3.30. The zero-order valence-corrected chi connectivity index (χ0v) is 28.8. The third-order valence-corrected chi connectivity index (χ3v) is 5.45. The Hall–Kier alpha value is -0.790. The van der Waals surface area contributed by atoms with E-state index in [0.717, 1.165) is 5.33 Å². The average Bonchev–Trinajstić information content (AvgIpc) is 3.04. The van der Waals surface area contributed by atoms with Crippen LogP contribution in [-0.2, 0) is 66.4 Å². The Labute approximate surface area is 277 Å². The van der Waals surface area contributed by atoms with Crippen LogP contribution >= 0.6 is 15.9 Å². The summed E-state index contributed by atoms with van der Waals surface area (Å²) < 4.78 is 69.9. The molecule has 0 aliphatic carbocycles. The van der Waals surface area contributed by atoms with E-state index >= 15 is 0 Å². The SMILES string of the molecule is C=C(C)C(=O)OCCOCCOCCOCCOCCOCCOCCOCCOCCOCCOCCOCCOCCBr. The van der Waals surface area contributed by atoms with Gasteiger partial charge in [-0.05, 0) is 6.92 Å². The standard InChI is InChI=1S/C30H57BrO14/c1-29(2)30(32)45-28-27-44-26-25-43-24-23-42-22-21-41-20-19-40-18-17-39-16-15-38-14-13-37-12-11-36-10-9-35-8-7-34-6-5-33-4-3-31/h1,3-28H2,2H3. The maximum atomic E-state index is 11.2. The van der Waals surface area contributed by atoms with Crippen molar-refractivity contribution in [2.75, 3.05) is 171 Å². The normalized spacial score (nSPS) is 11.3. The number of alkyl halides is 1. The van der Waals surface area contributed by atoms with Crippen LogP contribution in [0.4, 0.5) is 0 Å². The highest BCUT2D eigenvalue weighted by atomic mass is 79.9. The van der Waals surface area contributed by atoms with Gasteiger partial charge in [0.2, 0.25) is 0 Å². The molecular formula is C30H57BrO14. The first-order valence-corrected chi connectivity index (χ1v) is 16.6. The molecule has 0 amide bonds. The summed E-state index contributed by atoms with van der Waals surface area (Å²) in [5, 5.41) is 0.834.